The Balaban J connectivity index is 1.74. The number of hydrogen-bond donors (Lipinski definition) is 1. The second-order valence-electron chi connectivity index (χ2n) is 6.37. The minimum atomic E-state index is -0.517. The Morgan fingerprint density at radius 1 is 1.07 bits per heavy atom. The number of esters is 1. The van der Waals surface area contributed by atoms with E-state index in [1.807, 2.05) is 37.3 Å². The van der Waals surface area contributed by atoms with Crippen molar-refractivity contribution in [2.24, 2.45) is 0 Å². The molecule has 0 fully saturated rings. The molecule has 0 amide bonds. The highest BCUT2D eigenvalue weighted by atomic mass is 16.5. The molecule has 1 aliphatic rings. The predicted molar refractivity (Wildman–Crippen MR) is 107 cm³/mol. The van der Waals surface area contributed by atoms with E-state index in [0.29, 0.717) is 28.9 Å². The summed E-state index contributed by atoms with van der Waals surface area (Å²) in [6.45, 7) is 2.77. The molecule has 0 spiro atoms. The van der Waals surface area contributed by atoms with E-state index in [4.69, 9.17) is 4.74 Å². The van der Waals surface area contributed by atoms with Crippen LogP contribution < -0.4 is 5.32 Å². The molecule has 0 radical (unpaired) electrons. The number of nitrogens with one attached hydrogen (secondary N) is 1. The molecule has 1 aliphatic carbocycles. The van der Waals surface area contributed by atoms with Crippen molar-refractivity contribution in [1.82, 2.24) is 5.32 Å². The first kappa shape index (κ1) is 19.3. The summed E-state index contributed by atoms with van der Waals surface area (Å²) >= 11 is 0. The van der Waals surface area contributed by atoms with Gasteiger partial charge in [-0.3, -0.25) is 9.59 Å². The van der Waals surface area contributed by atoms with Crippen LogP contribution in [0.4, 0.5) is 0 Å². The van der Waals surface area contributed by atoms with Gasteiger partial charge in [-0.15, -0.1) is 0 Å². The van der Waals surface area contributed by atoms with Crippen LogP contribution in [0.25, 0.3) is 6.08 Å². The third kappa shape index (κ3) is 4.43. The van der Waals surface area contributed by atoms with Crippen molar-refractivity contribution in [3.63, 3.8) is 0 Å². The monoisotopic (exact) mass is 375 g/mol. The second-order valence-corrected chi connectivity index (χ2v) is 6.37. The lowest BCUT2D eigenvalue weighted by molar-refractivity contribution is -0.138. The largest absolute Gasteiger partial charge is 0.458 e. The molecule has 3 rings (SSSR count). The Morgan fingerprint density at radius 3 is 2.61 bits per heavy atom. The molecule has 1 N–H and O–H groups in total. The second kappa shape index (κ2) is 8.95. The molecule has 0 aliphatic heterocycles. The van der Waals surface area contributed by atoms with Gasteiger partial charge in [-0.05, 0) is 23.6 Å². The van der Waals surface area contributed by atoms with Crippen molar-refractivity contribution in [3.05, 3.63) is 88.6 Å². The van der Waals surface area contributed by atoms with Crippen molar-refractivity contribution in [3.8, 4) is 0 Å². The van der Waals surface area contributed by atoms with E-state index in [2.05, 4.69) is 5.32 Å². The van der Waals surface area contributed by atoms with E-state index in [9.17, 15) is 14.4 Å². The van der Waals surface area contributed by atoms with Crippen molar-refractivity contribution in [2.45, 2.75) is 20.0 Å². The first-order chi connectivity index (χ1) is 13.6. The summed E-state index contributed by atoms with van der Waals surface area (Å²) in [5.41, 5.74) is 2.35. The third-order valence-electron chi connectivity index (χ3n) is 4.30. The molecule has 5 nitrogen and oxygen atoms in total. The Bertz CT molecular complexity index is 958. The molecule has 0 heterocycles. The zero-order valence-corrected chi connectivity index (χ0v) is 15.6. The molecule has 0 bridgehead atoms. The number of benzene rings is 2. The molecular weight excluding hydrogens is 354 g/mol. The van der Waals surface area contributed by atoms with Gasteiger partial charge in [-0.25, -0.2) is 4.79 Å². The van der Waals surface area contributed by atoms with Gasteiger partial charge in [0.1, 0.15) is 6.61 Å². The Labute approximate surface area is 163 Å². The van der Waals surface area contributed by atoms with Crippen LogP contribution >= 0.6 is 0 Å². The lowest BCUT2D eigenvalue weighted by Crippen LogP contribution is -2.27. The van der Waals surface area contributed by atoms with Crippen LogP contribution in [0, 0.1) is 0 Å². The lowest BCUT2D eigenvalue weighted by atomic mass is 9.88. The first-order valence-electron chi connectivity index (χ1n) is 9.16. The molecule has 0 saturated carbocycles. The summed E-state index contributed by atoms with van der Waals surface area (Å²) in [6, 6.07) is 14.4. The molecule has 0 atom stereocenters. The highest BCUT2D eigenvalue weighted by molar-refractivity contribution is 6.25. The summed E-state index contributed by atoms with van der Waals surface area (Å²) in [4.78, 5) is 37.2. The maximum Gasteiger partial charge on any atom is 0.331 e. The molecule has 0 unspecified atom stereocenters. The molecule has 0 saturated heterocycles. The van der Waals surface area contributed by atoms with E-state index in [1.165, 1.54) is 18.2 Å². The smallest absolute Gasteiger partial charge is 0.331 e. The van der Waals surface area contributed by atoms with E-state index in [-0.39, 0.29) is 18.2 Å². The molecule has 5 heteroatoms. The Morgan fingerprint density at radius 2 is 1.86 bits per heavy atom. The Kier molecular flexibility index (Phi) is 6.17. The molecule has 28 heavy (non-hydrogen) atoms. The number of ether oxygens (including phenoxy) is 1. The van der Waals surface area contributed by atoms with Crippen LogP contribution in [0.15, 0.2) is 66.4 Å². The van der Waals surface area contributed by atoms with Crippen LogP contribution in [0.1, 0.15) is 45.2 Å². The number of carbonyl (C=O) groups is 3. The fourth-order valence-corrected chi connectivity index (χ4v) is 2.91. The summed E-state index contributed by atoms with van der Waals surface area (Å²) in [5.74, 6) is -0.993. The van der Waals surface area contributed by atoms with E-state index < -0.39 is 5.97 Å². The van der Waals surface area contributed by atoms with Gasteiger partial charge in [0.15, 0.2) is 5.78 Å². The van der Waals surface area contributed by atoms with Crippen LogP contribution in [0.3, 0.4) is 0 Å². The molecule has 0 aromatic heterocycles. The first-order valence-corrected chi connectivity index (χ1v) is 9.16. The zero-order chi connectivity index (χ0) is 19.9. The molecule has 142 valence electrons. The van der Waals surface area contributed by atoms with Crippen molar-refractivity contribution in [1.29, 1.82) is 0 Å². The SMILES string of the molecule is CCCNC1=CC(=O)c2c(/C=C/C(=O)OCc3ccccc3)cccc2C1=O. The number of ketones is 2. The fraction of sp³-hybridized carbons (Fsp3) is 0.174. The maximum absolute atomic E-state index is 12.6. The average Bonchev–Trinajstić information content (AvgIpc) is 2.72. The maximum atomic E-state index is 12.6. The summed E-state index contributed by atoms with van der Waals surface area (Å²) in [5, 5.41) is 2.99. The van der Waals surface area contributed by atoms with Crippen molar-refractivity contribution < 1.29 is 19.1 Å². The minimum absolute atomic E-state index is 0.170. The van der Waals surface area contributed by atoms with Crippen LogP contribution in [-0.2, 0) is 16.1 Å². The minimum Gasteiger partial charge on any atom is -0.458 e. The number of allylic oxidation sites excluding steroid dienone is 2. The number of carbonyl (C=O) groups excluding carboxylic acids is 3. The van der Waals surface area contributed by atoms with Gasteiger partial charge in [0.25, 0.3) is 0 Å². The lowest BCUT2D eigenvalue weighted by Gasteiger charge is -2.17. The van der Waals surface area contributed by atoms with Gasteiger partial charge in [-0.2, -0.15) is 0 Å². The van der Waals surface area contributed by atoms with Crippen molar-refractivity contribution >= 4 is 23.6 Å². The van der Waals surface area contributed by atoms with E-state index >= 15 is 0 Å². The normalized spacial score (nSPS) is 13.2. The van der Waals surface area contributed by atoms with E-state index in [1.54, 1.807) is 18.2 Å². The zero-order valence-electron chi connectivity index (χ0n) is 15.6. The van der Waals surface area contributed by atoms with Gasteiger partial charge in [0.2, 0.25) is 5.78 Å². The molecule has 2 aromatic rings. The van der Waals surface area contributed by atoms with Gasteiger partial charge in [-0.1, -0.05) is 55.5 Å². The Hall–Kier alpha value is -3.47. The number of fused-ring (bicyclic) bond motifs is 1. The van der Waals surface area contributed by atoms with Gasteiger partial charge < -0.3 is 10.1 Å². The summed E-state index contributed by atoms with van der Waals surface area (Å²) in [7, 11) is 0. The van der Waals surface area contributed by atoms with Gasteiger partial charge in [0, 0.05) is 29.8 Å². The topological polar surface area (TPSA) is 72.5 Å². The van der Waals surface area contributed by atoms with Crippen LogP contribution in [0.5, 0.6) is 0 Å². The number of hydrogen-bond acceptors (Lipinski definition) is 5. The van der Waals surface area contributed by atoms with Gasteiger partial charge >= 0.3 is 5.97 Å². The summed E-state index contributed by atoms with van der Waals surface area (Å²) < 4.78 is 5.20. The van der Waals surface area contributed by atoms with E-state index in [0.717, 1.165) is 12.0 Å². The third-order valence-corrected chi connectivity index (χ3v) is 4.30. The standard InChI is InChI=1S/C23H21NO4/c1-2-13-24-19-14-20(25)22-17(9-6-10-18(22)23(19)27)11-12-21(26)28-15-16-7-4-3-5-8-16/h3-12,14,24H,2,13,15H2,1H3/b12-11+. The molecular formula is C23H21NO4. The number of Topliss-reactive ketones (excluding diaryl/α,β-unsaturated/α-hetero) is 1. The van der Waals surface area contributed by atoms with Crippen LogP contribution in [0.2, 0.25) is 0 Å². The van der Waals surface area contributed by atoms with Crippen LogP contribution in [-0.4, -0.2) is 24.1 Å². The summed E-state index contributed by atoms with van der Waals surface area (Å²) in [6.07, 6.45) is 4.95. The van der Waals surface area contributed by atoms with Crippen molar-refractivity contribution in [2.75, 3.05) is 6.54 Å². The average molecular weight is 375 g/mol. The molecule has 2 aromatic carbocycles. The van der Waals surface area contributed by atoms with Gasteiger partial charge in [0.05, 0.1) is 5.70 Å². The fourth-order valence-electron chi connectivity index (χ4n) is 2.91. The highest BCUT2D eigenvalue weighted by Crippen LogP contribution is 2.24. The predicted octanol–water partition coefficient (Wildman–Crippen LogP) is 3.71. The number of rotatable bonds is 7. The quantitative estimate of drug-likeness (QED) is 0.590. The highest BCUT2D eigenvalue weighted by Gasteiger charge is 2.26.